The Morgan fingerprint density at radius 1 is 1.10 bits per heavy atom. The van der Waals surface area contributed by atoms with Gasteiger partial charge in [-0.1, -0.05) is 33.2 Å². The summed E-state index contributed by atoms with van der Waals surface area (Å²) in [4.78, 5) is 12.8. The van der Waals surface area contributed by atoms with E-state index in [1.807, 2.05) is 30.3 Å². The number of halogens is 1. The van der Waals surface area contributed by atoms with Crippen LogP contribution in [0.15, 0.2) is 51.7 Å². The SMILES string of the molecule is COc1ccc(OC)c(C2c3c(-c4ccc(Br)cc4)n[nH]c(=O)c3Nc3nnnn32)c1. The number of aromatic amines is 1. The van der Waals surface area contributed by atoms with Gasteiger partial charge in [0.05, 0.1) is 19.9 Å². The van der Waals surface area contributed by atoms with E-state index < -0.39 is 6.04 Å². The van der Waals surface area contributed by atoms with Crippen molar-refractivity contribution in [1.82, 2.24) is 30.4 Å². The van der Waals surface area contributed by atoms with Crippen molar-refractivity contribution in [3.05, 3.63) is 68.4 Å². The third kappa shape index (κ3) is 3.13. The molecule has 2 N–H and O–H groups in total. The van der Waals surface area contributed by atoms with Crippen molar-refractivity contribution in [3.8, 4) is 22.8 Å². The summed E-state index contributed by atoms with van der Waals surface area (Å²) in [5, 5.41) is 22.0. The van der Waals surface area contributed by atoms with Gasteiger partial charge in [0.15, 0.2) is 0 Å². The lowest BCUT2D eigenvalue weighted by Gasteiger charge is -2.28. The summed E-state index contributed by atoms with van der Waals surface area (Å²) >= 11 is 3.45. The number of benzene rings is 2. The Labute approximate surface area is 184 Å². The maximum atomic E-state index is 12.8. The first-order chi connectivity index (χ1) is 15.1. The van der Waals surface area contributed by atoms with Crippen LogP contribution in [0.5, 0.6) is 11.5 Å². The summed E-state index contributed by atoms with van der Waals surface area (Å²) < 4.78 is 13.6. The average molecular weight is 482 g/mol. The van der Waals surface area contributed by atoms with E-state index in [1.165, 1.54) is 0 Å². The quantitative estimate of drug-likeness (QED) is 0.402. The second-order valence-electron chi connectivity index (χ2n) is 6.78. The van der Waals surface area contributed by atoms with Crippen molar-refractivity contribution >= 4 is 27.6 Å². The summed E-state index contributed by atoms with van der Waals surface area (Å²) in [7, 11) is 3.17. The highest BCUT2D eigenvalue weighted by Crippen LogP contribution is 2.44. The van der Waals surface area contributed by atoms with Gasteiger partial charge in [-0.05, 0) is 40.8 Å². The van der Waals surface area contributed by atoms with Gasteiger partial charge in [0, 0.05) is 21.2 Å². The number of nitrogens with one attached hydrogen (secondary N) is 2. The third-order valence-corrected chi connectivity index (χ3v) is 5.65. The highest BCUT2D eigenvalue weighted by Gasteiger charge is 2.36. The molecular weight excluding hydrogens is 466 g/mol. The molecule has 0 aliphatic carbocycles. The number of hydrogen-bond donors (Lipinski definition) is 2. The number of aromatic nitrogens is 6. The molecule has 1 aliphatic heterocycles. The molecule has 0 amide bonds. The highest BCUT2D eigenvalue weighted by molar-refractivity contribution is 9.10. The van der Waals surface area contributed by atoms with Gasteiger partial charge >= 0.3 is 0 Å². The van der Waals surface area contributed by atoms with Gasteiger partial charge in [-0.2, -0.15) is 9.78 Å². The Hall–Kier alpha value is -3.73. The zero-order valence-corrected chi connectivity index (χ0v) is 18.0. The molecule has 0 fully saturated rings. The first-order valence-electron chi connectivity index (χ1n) is 9.26. The number of ether oxygens (including phenoxy) is 2. The minimum absolute atomic E-state index is 0.324. The van der Waals surface area contributed by atoms with Gasteiger partial charge in [0.25, 0.3) is 5.56 Å². The van der Waals surface area contributed by atoms with E-state index in [-0.39, 0.29) is 5.56 Å². The molecule has 2 aromatic carbocycles. The normalized spacial score (nSPS) is 14.4. The van der Waals surface area contributed by atoms with Gasteiger partial charge in [-0.3, -0.25) is 4.79 Å². The van der Waals surface area contributed by atoms with Gasteiger partial charge in [-0.25, -0.2) is 5.10 Å². The van der Waals surface area contributed by atoms with Crippen LogP contribution in [-0.2, 0) is 0 Å². The molecule has 156 valence electrons. The standard InChI is InChI=1S/C20H16BrN7O3/c1-30-12-7-8-14(31-2)13(9-12)18-15-16(10-3-5-11(21)6-4-10)23-24-19(29)17(15)22-20-25-26-27-28(18)20/h3-9,18H,1-2H3,(H,24,29)(H,22,25,27). The van der Waals surface area contributed by atoms with Crippen LogP contribution >= 0.6 is 15.9 Å². The molecule has 0 radical (unpaired) electrons. The lowest BCUT2D eigenvalue weighted by molar-refractivity contribution is 0.392. The second-order valence-corrected chi connectivity index (χ2v) is 7.70. The highest BCUT2D eigenvalue weighted by atomic mass is 79.9. The number of nitrogens with zero attached hydrogens (tertiary/aromatic N) is 5. The molecule has 1 aliphatic rings. The monoisotopic (exact) mass is 481 g/mol. The Morgan fingerprint density at radius 3 is 2.65 bits per heavy atom. The van der Waals surface area contributed by atoms with Crippen LogP contribution in [0.1, 0.15) is 17.2 Å². The number of fused-ring (bicyclic) bond motifs is 2. The molecule has 1 atom stereocenters. The maximum Gasteiger partial charge on any atom is 0.288 e. The molecule has 10 nitrogen and oxygen atoms in total. The number of tetrazole rings is 1. The molecule has 1 unspecified atom stereocenters. The molecular formula is C20H16BrN7O3. The van der Waals surface area contributed by atoms with Crippen LogP contribution < -0.4 is 20.3 Å². The Kier molecular flexibility index (Phi) is 4.66. The summed E-state index contributed by atoms with van der Waals surface area (Å²) in [6, 6.07) is 12.5. The van der Waals surface area contributed by atoms with Crippen LogP contribution in [0.25, 0.3) is 11.3 Å². The van der Waals surface area contributed by atoms with Crippen molar-refractivity contribution in [2.75, 3.05) is 19.5 Å². The first-order valence-corrected chi connectivity index (χ1v) is 10.1. The van der Waals surface area contributed by atoms with Crippen molar-refractivity contribution in [2.24, 2.45) is 0 Å². The van der Waals surface area contributed by atoms with E-state index in [0.717, 1.165) is 15.6 Å². The summed E-state index contributed by atoms with van der Waals surface area (Å²) in [6.45, 7) is 0. The zero-order valence-electron chi connectivity index (χ0n) is 16.5. The number of hydrogen-bond acceptors (Lipinski definition) is 8. The predicted octanol–water partition coefficient (Wildman–Crippen LogP) is 2.90. The van der Waals surface area contributed by atoms with Gasteiger partial charge in [0.2, 0.25) is 5.95 Å². The van der Waals surface area contributed by atoms with E-state index in [2.05, 4.69) is 47.0 Å². The molecule has 2 aromatic heterocycles. The summed E-state index contributed by atoms with van der Waals surface area (Å²) in [5.74, 6) is 1.57. The average Bonchev–Trinajstić information content (AvgIpc) is 3.27. The summed E-state index contributed by atoms with van der Waals surface area (Å²) in [5.41, 5.74) is 2.70. The molecule has 0 spiro atoms. The van der Waals surface area contributed by atoms with E-state index in [0.29, 0.717) is 34.4 Å². The van der Waals surface area contributed by atoms with Gasteiger partial charge in [-0.15, -0.1) is 0 Å². The topological polar surface area (TPSA) is 120 Å². The van der Waals surface area contributed by atoms with Crippen molar-refractivity contribution in [2.45, 2.75) is 6.04 Å². The fourth-order valence-electron chi connectivity index (χ4n) is 3.71. The predicted molar refractivity (Wildman–Crippen MR) is 116 cm³/mol. The van der Waals surface area contributed by atoms with Crippen LogP contribution in [0, 0.1) is 0 Å². The minimum Gasteiger partial charge on any atom is -0.497 e. The van der Waals surface area contributed by atoms with E-state index in [9.17, 15) is 4.79 Å². The number of H-pyrrole nitrogens is 1. The fraction of sp³-hybridized carbons (Fsp3) is 0.150. The zero-order chi connectivity index (χ0) is 21.5. The maximum absolute atomic E-state index is 12.8. The van der Waals surface area contributed by atoms with Gasteiger partial charge in [0.1, 0.15) is 23.2 Å². The lowest BCUT2D eigenvalue weighted by atomic mass is 9.92. The molecule has 4 aromatic rings. The lowest BCUT2D eigenvalue weighted by Crippen LogP contribution is -2.29. The van der Waals surface area contributed by atoms with E-state index in [1.54, 1.807) is 31.0 Å². The van der Waals surface area contributed by atoms with Crippen molar-refractivity contribution < 1.29 is 9.47 Å². The van der Waals surface area contributed by atoms with Crippen molar-refractivity contribution in [3.63, 3.8) is 0 Å². The number of methoxy groups -OCH3 is 2. The van der Waals surface area contributed by atoms with Gasteiger partial charge < -0.3 is 14.8 Å². The fourth-order valence-corrected chi connectivity index (χ4v) is 3.97. The first kappa shape index (κ1) is 19.2. The van der Waals surface area contributed by atoms with Crippen LogP contribution in [0.2, 0.25) is 0 Å². The van der Waals surface area contributed by atoms with E-state index in [4.69, 9.17) is 9.47 Å². The molecule has 11 heteroatoms. The molecule has 5 rings (SSSR count). The molecule has 0 bridgehead atoms. The Balaban J connectivity index is 1.84. The second kappa shape index (κ2) is 7.51. The summed E-state index contributed by atoms with van der Waals surface area (Å²) in [6.07, 6.45) is 0. The Bertz CT molecular complexity index is 1330. The molecule has 31 heavy (non-hydrogen) atoms. The molecule has 0 saturated heterocycles. The number of anilines is 2. The molecule has 0 saturated carbocycles. The molecule has 3 heterocycles. The number of rotatable bonds is 4. The smallest absolute Gasteiger partial charge is 0.288 e. The third-order valence-electron chi connectivity index (χ3n) is 5.12. The van der Waals surface area contributed by atoms with Crippen LogP contribution in [-0.4, -0.2) is 44.6 Å². The van der Waals surface area contributed by atoms with E-state index >= 15 is 0 Å². The Morgan fingerprint density at radius 2 is 1.90 bits per heavy atom. The van der Waals surface area contributed by atoms with Crippen molar-refractivity contribution in [1.29, 1.82) is 0 Å². The largest absolute Gasteiger partial charge is 0.497 e. The van der Waals surface area contributed by atoms with Crippen LogP contribution in [0.3, 0.4) is 0 Å². The van der Waals surface area contributed by atoms with Crippen LogP contribution in [0.4, 0.5) is 11.6 Å². The minimum atomic E-state index is -0.584.